The Morgan fingerprint density at radius 1 is 1.06 bits per heavy atom. The molecule has 2 aliphatic rings. The van der Waals surface area contributed by atoms with Gasteiger partial charge in [-0.2, -0.15) is 0 Å². The zero-order valence-electron chi connectivity index (χ0n) is 22.8. The van der Waals surface area contributed by atoms with Crippen molar-refractivity contribution in [3.05, 3.63) is 29.3 Å². The third-order valence-corrected chi connectivity index (χ3v) is 9.13. The normalized spacial score (nSPS) is 20.4. The standard InChI is InChI=1S/C30H51N3O/c1-6-10-17-32-18-20-33(21-19-32)28-12-11-26(29(31)24(7-2)23-34-5)22-27(28)25-13-15-30(8-3,9-4)16-14-25/h11-12,22,24-25,31H,6-10,13-21,23H2,1-5H3/t24-/m1/s1. The number of piperazine rings is 1. The highest BCUT2D eigenvalue weighted by Gasteiger charge is 2.34. The predicted molar refractivity (Wildman–Crippen MR) is 147 cm³/mol. The lowest BCUT2D eigenvalue weighted by molar-refractivity contribution is 0.159. The average Bonchev–Trinajstić information content (AvgIpc) is 2.90. The molecule has 1 aromatic rings. The summed E-state index contributed by atoms with van der Waals surface area (Å²) in [5.41, 5.74) is 5.35. The van der Waals surface area contributed by atoms with Crippen LogP contribution in [0.4, 0.5) is 5.69 Å². The van der Waals surface area contributed by atoms with Crippen LogP contribution in [0.5, 0.6) is 0 Å². The van der Waals surface area contributed by atoms with Crippen LogP contribution in [-0.4, -0.2) is 57.1 Å². The minimum absolute atomic E-state index is 0.171. The van der Waals surface area contributed by atoms with Gasteiger partial charge in [-0.25, -0.2) is 0 Å². The van der Waals surface area contributed by atoms with Crippen molar-refractivity contribution in [1.29, 1.82) is 5.41 Å². The number of hydrogen-bond acceptors (Lipinski definition) is 4. The topological polar surface area (TPSA) is 39.6 Å². The van der Waals surface area contributed by atoms with Gasteiger partial charge >= 0.3 is 0 Å². The minimum Gasteiger partial charge on any atom is -0.384 e. The maximum Gasteiger partial charge on any atom is 0.0545 e. The molecule has 34 heavy (non-hydrogen) atoms. The Morgan fingerprint density at radius 2 is 1.74 bits per heavy atom. The summed E-state index contributed by atoms with van der Waals surface area (Å²) in [7, 11) is 1.75. The first kappa shape index (κ1) is 27.2. The lowest BCUT2D eigenvalue weighted by Crippen LogP contribution is -2.47. The van der Waals surface area contributed by atoms with Crippen LogP contribution in [0, 0.1) is 16.7 Å². The van der Waals surface area contributed by atoms with Crippen molar-refractivity contribution in [1.82, 2.24) is 4.90 Å². The molecule has 0 amide bonds. The van der Waals surface area contributed by atoms with Gasteiger partial charge in [-0.05, 0) is 79.7 Å². The highest BCUT2D eigenvalue weighted by molar-refractivity contribution is 6.00. The molecule has 0 spiro atoms. The van der Waals surface area contributed by atoms with E-state index in [1.165, 1.54) is 82.3 Å². The average molecular weight is 470 g/mol. The van der Waals surface area contributed by atoms with Gasteiger partial charge in [-0.1, -0.05) is 53.0 Å². The number of methoxy groups -OCH3 is 1. The number of anilines is 1. The molecule has 0 bridgehead atoms. The SMILES string of the molecule is CCCCN1CCN(c2ccc(C(=N)[C@H](CC)COC)cc2C2CCC(CC)(CC)CC2)CC1. The Balaban J connectivity index is 1.84. The molecule has 1 heterocycles. The van der Waals surface area contributed by atoms with E-state index in [2.05, 4.69) is 55.7 Å². The fourth-order valence-electron chi connectivity index (χ4n) is 6.27. The van der Waals surface area contributed by atoms with Gasteiger partial charge in [0.15, 0.2) is 0 Å². The predicted octanol–water partition coefficient (Wildman–Crippen LogP) is 7.11. The van der Waals surface area contributed by atoms with Gasteiger partial charge in [0.2, 0.25) is 0 Å². The van der Waals surface area contributed by atoms with Gasteiger partial charge in [0, 0.05) is 50.6 Å². The monoisotopic (exact) mass is 469 g/mol. The first-order valence-corrected chi connectivity index (χ1v) is 14.2. The van der Waals surface area contributed by atoms with Crippen LogP contribution in [0.3, 0.4) is 0 Å². The lowest BCUT2D eigenvalue weighted by atomic mass is 9.66. The van der Waals surface area contributed by atoms with E-state index in [9.17, 15) is 0 Å². The zero-order valence-corrected chi connectivity index (χ0v) is 22.8. The van der Waals surface area contributed by atoms with Gasteiger partial charge in [-0.3, -0.25) is 4.90 Å². The fraction of sp³-hybridized carbons (Fsp3) is 0.767. The summed E-state index contributed by atoms with van der Waals surface area (Å²) in [6, 6.07) is 6.96. The Kier molecular flexibility index (Phi) is 10.5. The Morgan fingerprint density at radius 3 is 2.29 bits per heavy atom. The Hall–Kier alpha value is -1.39. The molecule has 1 aliphatic carbocycles. The molecule has 1 saturated heterocycles. The third-order valence-electron chi connectivity index (χ3n) is 9.13. The number of nitrogens with one attached hydrogen (secondary N) is 1. The second kappa shape index (κ2) is 13.1. The Labute approximate surface area is 209 Å². The number of nitrogens with zero attached hydrogens (tertiary/aromatic N) is 2. The highest BCUT2D eigenvalue weighted by Crippen LogP contribution is 2.48. The van der Waals surface area contributed by atoms with E-state index < -0.39 is 0 Å². The molecule has 0 radical (unpaired) electrons. The summed E-state index contributed by atoms with van der Waals surface area (Å²) < 4.78 is 5.43. The fourth-order valence-corrected chi connectivity index (χ4v) is 6.27. The van der Waals surface area contributed by atoms with Crippen molar-refractivity contribution in [2.75, 3.05) is 51.3 Å². The van der Waals surface area contributed by atoms with Gasteiger partial charge in [0.05, 0.1) is 6.61 Å². The quantitative estimate of drug-likeness (QED) is 0.331. The smallest absolute Gasteiger partial charge is 0.0545 e. The van der Waals surface area contributed by atoms with Crippen LogP contribution in [0.15, 0.2) is 18.2 Å². The van der Waals surface area contributed by atoms with E-state index >= 15 is 0 Å². The van der Waals surface area contributed by atoms with E-state index in [0.717, 1.165) is 30.8 Å². The van der Waals surface area contributed by atoms with E-state index in [4.69, 9.17) is 10.1 Å². The molecule has 2 fully saturated rings. The van der Waals surface area contributed by atoms with Crippen molar-refractivity contribution in [2.45, 2.75) is 91.4 Å². The molecule has 1 saturated carbocycles. The summed E-state index contributed by atoms with van der Waals surface area (Å²) in [6.07, 6.45) is 11.4. The summed E-state index contributed by atoms with van der Waals surface area (Å²) in [4.78, 5) is 5.27. The molecule has 192 valence electrons. The number of hydrogen-bond donors (Lipinski definition) is 1. The third kappa shape index (κ3) is 6.43. The van der Waals surface area contributed by atoms with Crippen molar-refractivity contribution in [3.63, 3.8) is 0 Å². The molecule has 0 aromatic heterocycles. The van der Waals surface area contributed by atoms with Crippen LogP contribution in [0.25, 0.3) is 0 Å². The van der Waals surface area contributed by atoms with E-state index in [1.54, 1.807) is 7.11 Å². The van der Waals surface area contributed by atoms with Gasteiger partial charge < -0.3 is 15.0 Å². The van der Waals surface area contributed by atoms with Crippen LogP contribution in [-0.2, 0) is 4.74 Å². The Bertz CT molecular complexity index is 754. The van der Waals surface area contributed by atoms with Crippen molar-refractivity contribution < 1.29 is 4.74 Å². The lowest BCUT2D eigenvalue weighted by Gasteiger charge is -2.42. The van der Waals surface area contributed by atoms with Crippen molar-refractivity contribution in [3.8, 4) is 0 Å². The van der Waals surface area contributed by atoms with Crippen molar-refractivity contribution in [2.24, 2.45) is 11.3 Å². The number of benzene rings is 1. The first-order valence-electron chi connectivity index (χ1n) is 14.2. The van der Waals surface area contributed by atoms with E-state index in [1.807, 2.05) is 0 Å². The largest absolute Gasteiger partial charge is 0.384 e. The molecule has 1 aromatic carbocycles. The number of rotatable bonds is 12. The summed E-state index contributed by atoms with van der Waals surface area (Å²) in [5, 5.41) is 8.93. The molecule has 3 rings (SSSR count). The first-order chi connectivity index (χ1) is 16.5. The molecule has 1 atom stereocenters. The second-order valence-corrected chi connectivity index (χ2v) is 10.9. The van der Waals surface area contributed by atoms with Gasteiger partial charge in [-0.15, -0.1) is 0 Å². The van der Waals surface area contributed by atoms with Crippen LogP contribution in [0.2, 0.25) is 0 Å². The number of ether oxygens (including phenoxy) is 1. The molecule has 4 heteroatoms. The molecule has 0 unspecified atom stereocenters. The highest BCUT2D eigenvalue weighted by atomic mass is 16.5. The molecular weight excluding hydrogens is 418 g/mol. The number of unbranched alkanes of at least 4 members (excludes halogenated alkanes) is 1. The van der Waals surface area contributed by atoms with Crippen LogP contribution in [0.1, 0.15) is 103 Å². The second-order valence-electron chi connectivity index (χ2n) is 10.9. The van der Waals surface area contributed by atoms with Gasteiger partial charge in [0.25, 0.3) is 0 Å². The van der Waals surface area contributed by atoms with E-state index in [0.29, 0.717) is 17.9 Å². The van der Waals surface area contributed by atoms with E-state index in [-0.39, 0.29) is 5.92 Å². The van der Waals surface area contributed by atoms with Gasteiger partial charge in [0.1, 0.15) is 0 Å². The summed E-state index contributed by atoms with van der Waals surface area (Å²) in [5.74, 6) is 0.791. The zero-order chi connectivity index (χ0) is 24.6. The summed E-state index contributed by atoms with van der Waals surface area (Å²) in [6.45, 7) is 15.7. The minimum atomic E-state index is 0.171. The molecule has 1 aliphatic heterocycles. The molecular formula is C30H51N3O. The maximum absolute atomic E-state index is 8.93. The molecule has 4 nitrogen and oxygen atoms in total. The van der Waals surface area contributed by atoms with Crippen molar-refractivity contribution >= 4 is 11.4 Å². The maximum atomic E-state index is 8.93. The summed E-state index contributed by atoms with van der Waals surface area (Å²) >= 11 is 0. The molecule has 1 N–H and O–H groups in total. The van der Waals surface area contributed by atoms with Crippen LogP contribution >= 0.6 is 0 Å². The van der Waals surface area contributed by atoms with Crippen LogP contribution < -0.4 is 4.90 Å².